The van der Waals surface area contributed by atoms with Gasteiger partial charge in [-0.15, -0.1) is 0 Å². The molecule has 2 aromatic rings. The van der Waals surface area contributed by atoms with E-state index in [0.29, 0.717) is 19.8 Å². The van der Waals surface area contributed by atoms with Crippen LogP contribution in [0.4, 0.5) is 4.79 Å². The van der Waals surface area contributed by atoms with Crippen LogP contribution < -0.4 is 5.32 Å². The highest BCUT2D eigenvalue weighted by atomic mass is 16.5. The zero-order valence-corrected chi connectivity index (χ0v) is 14.1. The van der Waals surface area contributed by atoms with Gasteiger partial charge in [0.15, 0.2) is 0 Å². The molecule has 0 aliphatic carbocycles. The van der Waals surface area contributed by atoms with Crippen molar-refractivity contribution in [3.8, 4) is 11.1 Å². The summed E-state index contributed by atoms with van der Waals surface area (Å²) in [7, 11) is 0. The molecule has 1 fully saturated rings. The van der Waals surface area contributed by atoms with E-state index in [0.717, 1.165) is 16.7 Å². The van der Waals surface area contributed by atoms with Crippen LogP contribution in [0.15, 0.2) is 48.8 Å². The maximum atomic E-state index is 12.4. The lowest BCUT2D eigenvalue weighted by Gasteiger charge is -2.34. The molecule has 2 atom stereocenters. The van der Waals surface area contributed by atoms with Crippen molar-refractivity contribution in [3.63, 3.8) is 0 Å². The molecule has 1 N–H and O–H groups in total. The van der Waals surface area contributed by atoms with Crippen LogP contribution in [-0.2, 0) is 4.74 Å². The van der Waals surface area contributed by atoms with Crippen molar-refractivity contribution < 1.29 is 9.53 Å². The van der Waals surface area contributed by atoms with Gasteiger partial charge in [0, 0.05) is 18.9 Å². The summed E-state index contributed by atoms with van der Waals surface area (Å²) < 4.78 is 5.38. The minimum absolute atomic E-state index is 0.0327. The smallest absolute Gasteiger partial charge is 0.318 e. The van der Waals surface area contributed by atoms with Gasteiger partial charge in [-0.05, 0) is 36.6 Å². The Morgan fingerprint density at radius 3 is 2.75 bits per heavy atom. The lowest BCUT2D eigenvalue weighted by atomic mass is 10.0. The number of morpholine rings is 1. The van der Waals surface area contributed by atoms with Crippen molar-refractivity contribution >= 4 is 6.03 Å². The van der Waals surface area contributed by atoms with Crippen LogP contribution in [-0.4, -0.2) is 41.7 Å². The number of hydrogen-bond acceptors (Lipinski definition) is 3. The molecule has 0 radical (unpaired) electrons. The highest BCUT2D eigenvalue weighted by molar-refractivity contribution is 5.75. The molecule has 1 aliphatic heterocycles. The largest absolute Gasteiger partial charge is 0.377 e. The number of nitrogens with zero attached hydrogens (tertiary/aromatic N) is 2. The Balaban J connectivity index is 1.64. The number of rotatable bonds is 3. The number of benzene rings is 1. The molecule has 0 saturated carbocycles. The summed E-state index contributed by atoms with van der Waals surface area (Å²) in [6.07, 6.45) is 3.61. The SMILES string of the molecule is C[C@H](NC(=O)N1CCOC[C@@H]1C)c1ccc(-c2cccnc2)cc1. The van der Waals surface area contributed by atoms with Crippen molar-refractivity contribution in [2.24, 2.45) is 0 Å². The van der Waals surface area contributed by atoms with Gasteiger partial charge in [-0.3, -0.25) is 4.98 Å². The number of ether oxygens (including phenoxy) is 1. The topological polar surface area (TPSA) is 54.5 Å². The van der Waals surface area contributed by atoms with E-state index in [2.05, 4.69) is 34.6 Å². The first kappa shape index (κ1) is 16.5. The summed E-state index contributed by atoms with van der Waals surface area (Å²) in [5, 5.41) is 3.07. The van der Waals surface area contributed by atoms with Gasteiger partial charge in [-0.25, -0.2) is 4.79 Å². The number of hydrogen-bond donors (Lipinski definition) is 1. The van der Waals surface area contributed by atoms with Gasteiger partial charge in [0.25, 0.3) is 0 Å². The minimum atomic E-state index is -0.0458. The molecule has 1 saturated heterocycles. The molecule has 0 unspecified atom stereocenters. The Morgan fingerprint density at radius 1 is 1.29 bits per heavy atom. The maximum Gasteiger partial charge on any atom is 0.318 e. The Labute approximate surface area is 142 Å². The monoisotopic (exact) mass is 325 g/mol. The van der Waals surface area contributed by atoms with Crippen LogP contribution in [0.2, 0.25) is 0 Å². The van der Waals surface area contributed by atoms with Gasteiger partial charge in [0.05, 0.1) is 25.3 Å². The molecule has 5 heteroatoms. The second-order valence-electron chi connectivity index (χ2n) is 6.15. The molecule has 2 amide bonds. The van der Waals surface area contributed by atoms with E-state index in [1.165, 1.54) is 0 Å². The summed E-state index contributed by atoms with van der Waals surface area (Å²) in [6.45, 7) is 5.85. The predicted molar refractivity (Wildman–Crippen MR) is 93.6 cm³/mol. The molecule has 1 aromatic carbocycles. The molecule has 2 heterocycles. The molecule has 0 spiro atoms. The Kier molecular flexibility index (Phi) is 5.11. The average molecular weight is 325 g/mol. The first-order chi connectivity index (χ1) is 11.6. The summed E-state index contributed by atoms with van der Waals surface area (Å²) in [4.78, 5) is 18.4. The van der Waals surface area contributed by atoms with E-state index < -0.39 is 0 Å². The molecular weight excluding hydrogens is 302 g/mol. The van der Waals surface area contributed by atoms with E-state index >= 15 is 0 Å². The standard InChI is InChI=1S/C19H23N3O2/c1-14-13-24-11-10-22(14)19(23)21-15(2)16-5-7-17(8-6-16)18-4-3-9-20-12-18/h3-9,12,14-15H,10-11,13H2,1-2H3,(H,21,23)/t14-,15-/m0/s1. The third kappa shape index (κ3) is 3.74. The number of carbonyl (C=O) groups excluding carboxylic acids is 1. The number of aromatic nitrogens is 1. The van der Waals surface area contributed by atoms with Gasteiger partial charge >= 0.3 is 6.03 Å². The van der Waals surface area contributed by atoms with Crippen molar-refractivity contribution in [3.05, 3.63) is 54.4 Å². The van der Waals surface area contributed by atoms with Gasteiger partial charge < -0.3 is 15.0 Å². The highest BCUT2D eigenvalue weighted by Gasteiger charge is 2.24. The molecule has 1 aromatic heterocycles. The number of pyridine rings is 1. The first-order valence-electron chi connectivity index (χ1n) is 8.30. The van der Waals surface area contributed by atoms with Crippen LogP contribution in [0.25, 0.3) is 11.1 Å². The average Bonchev–Trinajstić information content (AvgIpc) is 2.63. The molecule has 0 bridgehead atoms. The number of nitrogens with one attached hydrogen (secondary N) is 1. The van der Waals surface area contributed by atoms with Crippen molar-refractivity contribution in [2.75, 3.05) is 19.8 Å². The summed E-state index contributed by atoms with van der Waals surface area (Å²) in [5.41, 5.74) is 3.28. The van der Waals surface area contributed by atoms with Crippen LogP contribution >= 0.6 is 0 Å². The molecule has 5 nitrogen and oxygen atoms in total. The summed E-state index contributed by atoms with van der Waals surface area (Å²) >= 11 is 0. The van der Waals surface area contributed by atoms with E-state index in [9.17, 15) is 4.79 Å². The van der Waals surface area contributed by atoms with Gasteiger partial charge in [-0.1, -0.05) is 30.3 Å². The molecule has 24 heavy (non-hydrogen) atoms. The zero-order chi connectivity index (χ0) is 16.9. The highest BCUT2D eigenvalue weighted by Crippen LogP contribution is 2.21. The fourth-order valence-electron chi connectivity index (χ4n) is 2.88. The lowest BCUT2D eigenvalue weighted by molar-refractivity contribution is 0.0185. The van der Waals surface area contributed by atoms with Crippen LogP contribution in [0.1, 0.15) is 25.5 Å². The van der Waals surface area contributed by atoms with Crippen LogP contribution in [0.5, 0.6) is 0 Å². The Morgan fingerprint density at radius 2 is 2.08 bits per heavy atom. The van der Waals surface area contributed by atoms with E-state index in [1.807, 2.05) is 37.1 Å². The molecular formula is C19H23N3O2. The summed E-state index contributed by atoms with van der Waals surface area (Å²) in [5.74, 6) is 0. The van der Waals surface area contributed by atoms with E-state index in [-0.39, 0.29) is 18.1 Å². The molecule has 3 rings (SSSR count). The summed E-state index contributed by atoms with van der Waals surface area (Å²) in [6, 6.07) is 12.2. The Bertz CT molecular complexity index is 673. The lowest BCUT2D eigenvalue weighted by Crippen LogP contribution is -2.51. The Hall–Kier alpha value is -2.40. The fraction of sp³-hybridized carbons (Fsp3) is 0.368. The fourth-order valence-corrected chi connectivity index (χ4v) is 2.88. The molecule has 126 valence electrons. The van der Waals surface area contributed by atoms with Crippen molar-refractivity contribution in [1.82, 2.24) is 15.2 Å². The van der Waals surface area contributed by atoms with Crippen molar-refractivity contribution in [2.45, 2.75) is 25.9 Å². The third-order valence-corrected chi connectivity index (χ3v) is 4.37. The predicted octanol–water partition coefficient (Wildman–Crippen LogP) is 3.24. The second kappa shape index (κ2) is 7.45. The first-order valence-corrected chi connectivity index (χ1v) is 8.30. The molecule has 1 aliphatic rings. The third-order valence-electron chi connectivity index (χ3n) is 4.37. The van der Waals surface area contributed by atoms with Gasteiger partial charge in [-0.2, -0.15) is 0 Å². The normalized spacial score (nSPS) is 18.9. The van der Waals surface area contributed by atoms with Crippen molar-refractivity contribution in [1.29, 1.82) is 0 Å². The van der Waals surface area contributed by atoms with Crippen LogP contribution in [0.3, 0.4) is 0 Å². The van der Waals surface area contributed by atoms with Gasteiger partial charge in [0.2, 0.25) is 0 Å². The van der Waals surface area contributed by atoms with Crippen LogP contribution in [0, 0.1) is 0 Å². The zero-order valence-electron chi connectivity index (χ0n) is 14.1. The van der Waals surface area contributed by atoms with E-state index in [4.69, 9.17) is 4.74 Å². The number of urea groups is 1. The maximum absolute atomic E-state index is 12.4. The number of amides is 2. The van der Waals surface area contributed by atoms with Gasteiger partial charge in [0.1, 0.15) is 0 Å². The van der Waals surface area contributed by atoms with E-state index in [1.54, 1.807) is 6.20 Å². The second-order valence-corrected chi connectivity index (χ2v) is 6.15. The quantitative estimate of drug-likeness (QED) is 0.942. The number of carbonyl (C=O) groups is 1. The minimum Gasteiger partial charge on any atom is -0.377 e.